The van der Waals surface area contributed by atoms with Crippen molar-refractivity contribution < 1.29 is 9.53 Å². The monoisotopic (exact) mass is 345 g/mol. The number of rotatable bonds is 6. The molecular formula is C20H31N3O2. The van der Waals surface area contributed by atoms with Crippen molar-refractivity contribution >= 4 is 5.91 Å². The summed E-state index contributed by atoms with van der Waals surface area (Å²) in [7, 11) is 1.68. The molecule has 1 aliphatic carbocycles. The zero-order valence-electron chi connectivity index (χ0n) is 15.3. The Balaban J connectivity index is 1.68. The number of carbonyl (C=O) groups is 1. The number of nitrogens with one attached hydrogen (secondary N) is 1. The minimum absolute atomic E-state index is 0.0184. The van der Waals surface area contributed by atoms with E-state index >= 15 is 0 Å². The normalized spacial score (nSPS) is 21.7. The van der Waals surface area contributed by atoms with Crippen molar-refractivity contribution in [3.63, 3.8) is 0 Å². The highest BCUT2D eigenvalue weighted by molar-refractivity contribution is 5.86. The molecule has 0 spiro atoms. The lowest BCUT2D eigenvalue weighted by Gasteiger charge is -2.34. The number of hydrogen-bond acceptors (Lipinski definition) is 4. The van der Waals surface area contributed by atoms with Crippen LogP contribution in [0.3, 0.4) is 0 Å². The second kappa shape index (κ2) is 8.19. The maximum absolute atomic E-state index is 12.7. The Labute approximate surface area is 150 Å². The van der Waals surface area contributed by atoms with E-state index in [-0.39, 0.29) is 11.9 Å². The van der Waals surface area contributed by atoms with Gasteiger partial charge >= 0.3 is 0 Å². The fourth-order valence-electron chi connectivity index (χ4n) is 4.11. The van der Waals surface area contributed by atoms with Crippen molar-refractivity contribution in [2.45, 2.75) is 56.5 Å². The number of hydrogen-bond donors (Lipinski definition) is 2. The number of nitrogens with two attached hydrogens (primary N) is 1. The number of methoxy groups -OCH3 is 1. The Kier molecular flexibility index (Phi) is 5.97. The molecule has 2 fully saturated rings. The van der Waals surface area contributed by atoms with Crippen LogP contribution in [0.15, 0.2) is 24.3 Å². The van der Waals surface area contributed by atoms with Gasteiger partial charge in [-0.2, -0.15) is 0 Å². The first-order chi connectivity index (χ1) is 12.1. The van der Waals surface area contributed by atoms with E-state index in [1.807, 2.05) is 12.1 Å². The first-order valence-corrected chi connectivity index (χ1v) is 9.57. The summed E-state index contributed by atoms with van der Waals surface area (Å²) in [5.74, 6) is 0.876. The molecule has 0 radical (unpaired) electrons. The van der Waals surface area contributed by atoms with Gasteiger partial charge in [0.25, 0.3) is 0 Å². The summed E-state index contributed by atoms with van der Waals surface area (Å²) in [6.45, 7) is 2.78. The van der Waals surface area contributed by atoms with E-state index < -0.39 is 5.54 Å². The summed E-state index contributed by atoms with van der Waals surface area (Å²) >= 11 is 0. The van der Waals surface area contributed by atoms with Crippen LogP contribution in [0.2, 0.25) is 0 Å². The smallest absolute Gasteiger partial charge is 0.240 e. The molecule has 5 nitrogen and oxygen atoms in total. The second-order valence-electron chi connectivity index (χ2n) is 7.46. The maximum Gasteiger partial charge on any atom is 0.240 e. The quantitative estimate of drug-likeness (QED) is 0.832. The third-order valence-corrected chi connectivity index (χ3v) is 5.74. The third-order valence-electron chi connectivity index (χ3n) is 5.74. The molecule has 1 saturated carbocycles. The molecule has 1 amide bonds. The topological polar surface area (TPSA) is 67.6 Å². The van der Waals surface area contributed by atoms with Gasteiger partial charge in [-0.3, -0.25) is 9.69 Å². The van der Waals surface area contributed by atoms with Gasteiger partial charge in [0, 0.05) is 6.54 Å². The molecule has 138 valence electrons. The Hall–Kier alpha value is -1.59. The average molecular weight is 345 g/mol. The molecule has 1 aromatic carbocycles. The van der Waals surface area contributed by atoms with Gasteiger partial charge in [-0.1, -0.05) is 31.4 Å². The third kappa shape index (κ3) is 4.33. The van der Waals surface area contributed by atoms with Crippen LogP contribution in [0, 0.1) is 0 Å². The van der Waals surface area contributed by atoms with Gasteiger partial charge in [0.1, 0.15) is 5.75 Å². The Bertz CT molecular complexity index is 561. The van der Waals surface area contributed by atoms with Crippen molar-refractivity contribution in [1.29, 1.82) is 0 Å². The van der Waals surface area contributed by atoms with Crippen LogP contribution >= 0.6 is 0 Å². The van der Waals surface area contributed by atoms with E-state index in [4.69, 9.17) is 10.5 Å². The number of nitrogens with zero attached hydrogens (tertiary/aromatic N) is 1. The summed E-state index contributed by atoms with van der Waals surface area (Å²) < 4.78 is 5.27. The van der Waals surface area contributed by atoms with Crippen LogP contribution in [0.5, 0.6) is 5.75 Å². The molecule has 25 heavy (non-hydrogen) atoms. The van der Waals surface area contributed by atoms with Gasteiger partial charge in [0.15, 0.2) is 0 Å². The summed E-state index contributed by atoms with van der Waals surface area (Å²) in [4.78, 5) is 15.2. The standard InChI is InChI=1S/C20H31N3O2/c1-25-17-9-7-16(8-10-17)18(23-13-5-6-14-23)15-22-19(24)20(21)11-3-2-4-12-20/h7-10,18H,2-6,11-15,21H2,1H3,(H,22,24). The first kappa shape index (κ1) is 18.2. The zero-order valence-corrected chi connectivity index (χ0v) is 15.3. The molecule has 1 heterocycles. The molecule has 1 aliphatic heterocycles. The molecule has 0 bridgehead atoms. The lowest BCUT2D eigenvalue weighted by atomic mass is 9.82. The molecule has 5 heteroatoms. The van der Waals surface area contributed by atoms with Crippen LogP contribution < -0.4 is 15.8 Å². The predicted octanol–water partition coefficient (Wildman–Crippen LogP) is 2.61. The molecule has 1 atom stereocenters. The molecule has 1 saturated heterocycles. The van der Waals surface area contributed by atoms with Crippen molar-refractivity contribution in [3.05, 3.63) is 29.8 Å². The van der Waals surface area contributed by atoms with Crippen LogP contribution in [0.4, 0.5) is 0 Å². The molecule has 3 rings (SSSR count). The number of carbonyl (C=O) groups excluding carboxylic acids is 1. The van der Waals surface area contributed by atoms with Gasteiger partial charge < -0.3 is 15.8 Å². The number of benzene rings is 1. The fraction of sp³-hybridized carbons (Fsp3) is 0.650. The zero-order chi connectivity index (χ0) is 17.7. The second-order valence-corrected chi connectivity index (χ2v) is 7.46. The predicted molar refractivity (Wildman–Crippen MR) is 99.6 cm³/mol. The molecule has 1 unspecified atom stereocenters. The number of ether oxygens (including phenoxy) is 1. The highest BCUT2D eigenvalue weighted by Crippen LogP contribution is 2.28. The SMILES string of the molecule is COc1ccc(C(CNC(=O)C2(N)CCCCC2)N2CCCC2)cc1. The van der Waals surface area contributed by atoms with Crippen molar-refractivity contribution in [2.75, 3.05) is 26.7 Å². The average Bonchev–Trinajstić information content (AvgIpc) is 3.17. The van der Waals surface area contributed by atoms with Crippen LogP contribution in [0.25, 0.3) is 0 Å². The van der Waals surface area contributed by atoms with E-state index in [1.54, 1.807) is 7.11 Å². The molecule has 2 aliphatic rings. The molecule has 1 aromatic rings. The van der Waals surface area contributed by atoms with Crippen LogP contribution in [-0.2, 0) is 4.79 Å². The molecule has 0 aromatic heterocycles. The highest BCUT2D eigenvalue weighted by Gasteiger charge is 2.35. The summed E-state index contributed by atoms with van der Waals surface area (Å²) in [6, 6.07) is 8.39. The van der Waals surface area contributed by atoms with Crippen molar-refractivity contribution in [2.24, 2.45) is 5.73 Å². The van der Waals surface area contributed by atoms with Gasteiger partial charge in [-0.15, -0.1) is 0 Å². The van der Waals surface area contributed by atoms with Gasteiger partial charge in [0.2, 0.25) is 5.91 Å². The summed E-state index contributed by atoms with van der Waals surface area (Å²) in [5, 5.41) is 3.16. The number of amides is 1. The Morgan fingerprint density at radius 2 is 1.80 bits per heavy atom. The van der Waals surface area contributed by atoms with E-state index in [0.29, 0.717) is 6.54 Å². The minimum Gasteiger partial charge on any atom is -0.497 e. The maximum atomic E-state index is 12.7. The Morgan fingerprint density at radius 1 is 1.16 bits per heavy atom. The van der Waals surface area contributed by atoms with Crippen molar-refractivity contribution in [3.8, 4) is 5.75 Å². The largest absolute Gasteiger partial charge is 0.497 e. The summed E-state index contributed by atoms with van der Waals surface area (Å²) in [5.41, 5.74) is 6.92. The van der Waals surface area contributed by atoms with E-state index in [1.165, 1.54) is 24.8 Å². The van der Waals surface area contributed by atoms with Gasteiger partial charge in [-0.25, -0.2) is 0 Å². The van der Waals surface area contributed by atoms with E-state index in [2.05, 4.69) is 22.3 Å². The van der Waals surface area contributed by atoms with E-state index in [9.17, 15) is 4.79 Å². The van der Waals surface area contributed by atoms with Gasteiger partial charge in [-0.05, 0) is 56.5 Å². The van der Waals surface area contributed by atoms with Gasteiger partial charge in [0.05, 0.1) is 18.7 Å². The highest BCUT2D eigenvalue weighted by atomic mass is 16.5. The number of likely N-dealkylation sites (tertiary alicyclic amines) is 1. The van der Waals surface area contributed by atoms with Crippen molar-refractivity contribution in [1.82, 2.24) is 10.2 Å². The first-order valence-electron chi connectivity index (χ1n) is 9.57. The fourth-order valence-corrected chi connectivity index (χ4v) is 4.11. The molecule has 3 N–H and O–H groups in total. The Morgan fingerprint density at radius 3 is 2.40 bits per heavy atom. The lowest BCUT2D eigenvalue weighted by Crippen LogP contribution is -2.56. The minimum atomic E-state index is -0.673. The lowest BCUT2D eigenvalue weighted by molar-refractivity contribution is -0.127. The summed E-state index contributed by atoms with van der Waals surface area (Å²) in [6.07, 6.45) is 7.35. The van der Waals surface area contributed by atoms with Crippen LogP contribution in [-0.4, -0.2) is 43.1 Å². The van der Waals surface area contributed by atoms with E-state index in [0.717, 1.165) is 44.5 Å². The molecular weight excluding hydrogens is 314 g/mol. The van der Waals surface area contributed by atoms with Crippen LogP contribution in [0.1, 0.15) is 56.6 Å².